The van der Waals surface area contributed by atoms with E-state index < -0.39 is 0 Å². The molecule has 0 aliphatic carbocycles. The van der Waals surface area contributed by atoms with Crippen LogP contribution in [0.4, 0.5) is 0 Å². The molecule has 1 aromatic rings. The lowest BCUT2D eigenvalue weighted by atomic mass is 10.0. The van der Waals surface area contributed by atoms with E-state index in [1.807, 2.05) is 13.8 Å². The van der Waals surface area contributed by atoms with Crippen LogP contribution in [0.25, 0.3) is 0 Å². The highest BCUT2D eigenvalue weighted by molar-refractivity contribution is 5.76. The Labute approximate surface area is 89.1 Å². The van der Waals surface area contributed by atoms with E-state index in [1.165, 1.54) is 5.56 Å². The maximum Gasteiger partial charge on any atom is 0.234 e. The third kappa shape index (κ3) is 2.33. The first kappa shape index (κ1) is 10.1. The molecule has 1 saturated heterocycles. The number of pyridine rings is 1. The molecule has 1 amide bonds. The third-order valence-corrected chi connectivity index (χ3v) is 2.55. The number of carbonyl (C=O) groups excluding carboxylic acids is 1. The number of nitrogens with zero attached hydrogens (tertiary/aromatic N) is 1. The van der Waals surface area contributed by atoms with Gasteiger partial charge in [0.15, 0.2) is 0 Å². The van der Waals surface area contributed by atoms with E-state index in [0.717, 1.165) is 17.8 Å². The lowest BCUT2D eigenvalue weighted by Gasteiger charge is -2.24. The summed E-state index contributed by atoms with van der Waals surface area (Å²) in [6, 6.07) is 4.33. The Morgan fingerprint density at radius 1 is 1.33 bits per heavy atom. The molecule has 1 fully saturated rings. The van der Waals surface area contributed by atoms with Gasteiger partial charge in [0.25, 0.3) is 0 Å². The van der Waals surface area contributed by atoms with Crippen molar-refractivity contribution in [1.82, 2.24) is 15.8 Å². The van der Waals surface area contributed by atoms with E-state index in [1.54, 1.807) is 0 Å². The molecular formula is C11H15N3O. The smallest absolute Gasteiger partial charge is 0.234 e. The van der Waals surface area contributed by atoms with Gasteiger partial charge in [-0.15, -0.1) is 0 Å². The van der Waals surface area contributed by atoms with Crippen molar-refractivity contribution in [2.24, 2.45) is 0 Å². The minimum Gasteiger partial charge on any atom is -0.291 e. The van der Waals surface area contributed by atoms with Gasteiger partial charge in [0.05, 0.1) is 6.04 Å². The fourth-order valence-corrected chi connectivity index (χ4v) is 1.90. The average molecular weight is 205 g/mol. The van der Waals surface area contributed by atoms with Gasteiger partial charge in [0, 0.05) is 17.8 Å². The van der Waals surface area contributed by atoms with Crippen LogP contribution >= 0.6 is 0 Å². The van der Waals surface area contributed by atoms with Gasteiger partial charge in [-0.1, -0.05) is 0 Å². The van der Waals surface area contributed by atoms with Crippen molar-refractivity contribution >= 4 is 5.91 Å². The van der Waals surface area contributed by atoms with E-state index in [-0.39, 0.29) is 11.9 Å². The molecule has 4 nitrogen and oxygen atoms in total. The Morgan fingerprint density at radius 3 is 2.53 bits per heavy atom. The summed E-state index contributed by atoms with van der Waals surface area (Å²) >= 11 is 0. The number of hydrazine groups is 1. The minimum absolute atomic E-state index is 0.0637. The lowest BCUT2D eigenvalue weighted by molar-refractivity contribution is -0.124. The normalized spacial score (nSPS) is 21.2. The monoisotopic (exact) mass is 205 g/mol. The highest BCUT2D eigenvalue weighted by Gasteiger charge is 2.19. The van der Waals surface area contributed by atoms with E-state index in [4.69, 9.17) is 0 Å². The van der Waals surface area contributed by atoms with Crippen LogP contribution in [0.1, 0.15) is 35.8 Å². The summed E-state index contributed by atoms with van der Waals surface area (Å²) < 4.78 is 0. The Hall–Kier alpha value is -1.42. The number of amides is 1. The maximum absolute atomic E-state index is 11.0. The van der Waals surface area contributed by atoms with Crippen molar-refractivity contribution in [3.63, 3.8) is 0 Å². The van der Waals surface area contributed by atoms with Crippen LogP contribution in [-0.2, 0) is 4.79 Å². The molecule has 1 aliphatic heterocycles. The second-order valence-corrected chi connectivity index (χ2v) is 3.97. The predicted molar refractivity (Wildman–Crippen MR) is 57.0 cm³/mol. The Morgan fingerprint density at radius 2 is 2.00 bits per heavy atom. The third-order valence-electron chi connectivity index (χ3n) is 2.55. The summed E-state index contributed by atoms with van der Waals surface area (Å²) in [6.45, 7) is 3.97. The summed E-state index contributed by atoms with van der Waals surface area (Å²) in [5.74, 6) is 0.0637. The first-order valence-corrected chi connectivity index (χ1v) is 5.15. The first-order chi connectivity index (χ1) is 7.15. The van der Waals surface area contributed by atoms with E-state index in [2.05, 4.69) is 28.0 Å². The number of carbonyl (C=O) groups is 1. The lowest BCUT2D eigenvalue weighted by Crippen LogP contribution is -2.44. The molecule has 4 heteroatoms. The molecule has 0 radical (unpaired) electrons. The van der Waals surface area contributed by atoms with Crippen LogP contribution < -0.4 is 10.9 Å². The Bertz CT molecular complexity index is 359. The standard InChI is InChI=1S/C11H15N3O/c1-7-5-9(6-8(2)12-7)10-3-4-11(15)14-13-10/h5-6,10,13H,3-4H2,1-2H3,(H,14,15). The van der Waals surface area contributed by atoms with Gasteiger partial charge in [-0.25, -0.2) is 5.43 Å². The van der Waals surface area contributed by atoms with Crippen LogP contribution in [0.15, 0.2) is 12.1 Å². The topological polar surface area (TPSA) is 54.0 Å². The van der Waals surface area contributed by atoms with E-state index in [0.29, 0.717) is 6.42 Å². The molecule has 1 atom stereocenters. The van der Waals surface area contributed by atoms with Crippen LogP contribution in [0.3, 0.4) is 0 Å². The number of hydrogen-bond donors (Lipinski definition) is 2. The number of nitrogens with one attached hydrogen (secondary N) is 2. The fraction of sp³-hybridized carbons (Fsp3) is 0.455. The predicted octanol–water partition coefficient (Wildman–Crippen LogP) is 1.15. The zero-order chi connectivity index (χ0) is 10.8. The van der Waals surface area contributed by atoms with Crippen molar-refractivity contribution in [1.29, 1.82) is 0 Å². The van der Waals surface area contributed by atoms with E-state index in [9.17, 15) is 4.79 Å². The van der Waals surface area contributed by atoms with Crippen molar-refractivity contribution in [2.45, 2.75) is 32.7 Å². The highest BCUT2D eigenvalue weighted by atomic mass is 16.2. The number of hydrogen-bond acceptors (Lipinski definition) is 3. The first-order valence-electron chi connectivity index (χ1n) is 5.15. The van der Waals surface area contributed by atoms with Crippen LogP contribution in [0.2, 0.25) is 0 Å². The molecule has 1 aliphatic rings. The molecule has 0 bridgehead atoms. The molecular weight excluding hydrogens is 190 g/mol. The summed E-state index contributed by atoms with van der Waals surface area (Å²) in [5.41, 5.74) is 8.90. The fourth-order valence-electron chi connectivity index (χ4n) is 1.90. The zero-order valence-corrected chi connectivity index (χ0v) is 9.00. The second-order valence-electron chi connectivity index (χ2n) is 3.97. The van der Waals surface area contributed by atoms with Gasteiger partial charge in [-0.3, -0.25) is 15.2 Å². The molecule has 15 heavy (non-hydrogen) atoms. The van der Waals surface area contributed by atoms with Gasteiger partial charge >= 0.3 is 0 Å². The molecule has 1 unspecified atom stereocenters. The number of rotatable bonds is 1. The SMILES string of the molecule is Cc1cc(C2CCC(=O)NN2)cc(C)n1. The molecule has 1 aromatic heterocycles. The molecule has 2 heterocycles. The highest BCUT2D eigenvalue weighted by Crippen LogP contribution is 2.21. The van der Waals surface area contributed by atoms with E-state index >= 15 is 0 Å². The largest absolute Gasteiger partial charge is 0.291 e. The van der Waals surface area contributed by atoms with Crippen LogP contribution in [0.5, 0.6) is 0 Å². The van der Waals surface area contributed by atoms with Crippen molar-refractivity contribution in [2.75, 3.05) is 0 Å². The number of aryl methyl sites for hydroxylation is 2. The quantitative estimate of drug-likeness (QED) is 0.723. The van der Waals surface area contributed by atoms with Gasteiger partial charge in [-0.2, -0.15) is 0 Å². The summed E-state index contributed by atoms with van der Waals surface area (Å²) in [4.78, 5) is 15.3. The maximum atomic E-state index is 11.0. The van der Waals surface area contributed by atoms with Crippen molar-refractivity contribution < 1.29 is 4.79 Å². The van der Waals surface area contributed by atoms with Gasteiger partial charge in [0.1, 0.15) is 0 Å². The number of aromatic nitrogens is 1. The molecule has 80 valence electrons. The molecule has 0 saturated carbocycles. The Kier molecular flexibility index (Phi) is 2.68. The molecule has 2 rings (SSSR count). The molecule has 0 spiro atoms. The average Bonchev–Trinajstić information content (AvgIpc) is 2.17. The van der Waals surface area contributed by atoms with Gasteiger partial charge in [0.2, 0.25) is 5.91 Å². The van der Waals surface area contributed by atoms with Gasteiger partial charge < -0.3 is 0 Å². The minimum atomic E-state index is 0.0637. The molecule has 2 N–H and O–H groups in total. The van der Waals surface area contributed by atoms with Crippen LogP contribution in [0, 0.1) is 13.8 Å². The van der Waals surface area contributed by atoms with Crippen molar-refractivity contribution in [3.05, 3.63) is 29.1 Å². The zero-order valence-electron chi connectivity index (χ0n) is 9.00. The van der Waals surface area contributed by atoms with Crippen molar-refractivity contribution in [3.8, 4) is 0 Å². The summed E-state index contributed by atoms with van der Waals surface area (Å²) in [6.07, 6.45) is 1.42. The van der Waals surface area contributed by atoms with Gasteiger partial charge in [-0.05, 0) is 38.0 Å². The second kappa shape index (κ2) is 3.98. The Balaban J connectivity index is 2.18. The van der Waals surface area contributed by atoms with Crippen LogP contribution in [-0.4, -0.2) is 10.9 Å². The molecule has 0 aromatic carbocycles. The summed E-state index contributed by atoms with van der Waals surface area (Å²) in [7, 11) is 0. The summed E-state index contributed by atoms with van der Waals surface area (Å²) in [5, 5.41) is 0.